The van der Waals surface area contributed by atoms with Gasteiger partial charge in [0.15, 0.2) is 0 Å². The van der Waals surface area contributed by atoms with Gasteiger partial charge in [0.1, 0.15) is 0 Å². The number of hydrogen-bond acceptors (Lipinski definition) is 2. The highest BCUT2D eigenvalue weighted by molar-refractivity contribution is 7.89. The largest absolute Gasteiger partial charge is 0.214 e. The Morgan fingerprint density at radius 2 is 1.41 bits per heavy atom. The van der Waals surface area contributed by atoms with Crippen molar-refractivity contribution in [3.63, 3.8) is 0 Å². The Morgan fingerprint density at radius 1 is 0.864 bits per heavy atom. The van der Waals surface area contributed by atoms with Gasteiger partial charge in [0.2, 0.25) is 10.0 Å². The van der Waals surface area contributed by atoms with Crippen LogP contribution in [0.5, 0.6) is 0 Å². The molecule has 22 heavy (non-hydrogen) atoms. The van der Waals surface area contributed by atoms with Crippen LogP contribution in [-0.2, 0) is 23.0 Å². The van der Waals surface area contributed by atoms with Gasteiger partial charge in [-0.15, -0.1) is 0 Å². The Morgan fingerprint density at radius 3 is 1.95 bits per heavy atom. The zero-order valence-electron chi connectivity index (χ0n) is 13.0. The average Bonchev–Trinajstić information content (AvgIpc) is 2.53. The minimum Gasteiger partial charge on any atom is -0.212 e. The predicted octanol–water partition coefficient (Wildman–Crippen LogP) is 3.47. The normalized spacial score (nSPS) is 11.7. The molecule has 0 bridgehead atoms. The highest BCUT2D eigenvalue weighted by atomic mass is 32.2. The van der Waals surface area contributed by atoms with Crippen molar-refractivity contribution >= 4 is 10.0 Å². The van der Waals surface area contributed by atoms with Crippen molar-refractivity contribution in [2.24, 2.45) is 0 Å². The van der Waals surface area contributed by atoms with Gasteiger partial charge < -0.3 is 0 Å². The minimum atomic E-state index is -3.21. The van der Waals surface area contributed by atoms with Crippen molar-refractivity contribution in [3.8, 4) is 0 Å². The Bertz CT molecular complexity index is 654. The van der Waals surface area contributed by atoms with E-state index in [0.717, 1.165) is 17.5 Å². The van der Waals surface area contributed by atoms with Crippen molar-refractivity contribution in [3.05, 3.63) is 71.8 Å². The highest BCUT2D eigenvalue weighted by Gasteiger charge is 2.21. The number of benzene rings is 2. The number of hydrogen-bond donors (Lipinski definition) is 0. The van der Waals surface area contributed by atoms with Crippen LogP contribution in [0.4, 0.5) is 0 Å². The smallest absolute Gasteiger partial charge is 0.212 e. The first-order valence-electron chi connectivity index (χ1n) is 7.67. The first-order chi connectivity index (χ1) is 10.6. The maximum absolute atomic E-state index is 12.5. The quantitative estimate of drug-likeness (QED) is 0.747. The monoisotopic (exact) mass is 317 g/mol. The fourth-order valence-electron chi connectivity index (χ4n) is 2.39. The van der Waals surface area contributed by atoms with Crippen molar-refractivity contribution in [2.45, 2.75) is 26.3 Å². The van der Waals surface area contributed by atoms with Gasteiger partial charge in [-0.2, -0.15) is 4.31 Å². The van der Waals surface area contributed by atoms with Gasteiger partial charge in [-0.1, -0.05) is 67.6 Å². The van der Waals surface area contributed by atoms with Gasteiger partial charge in [-0.25, -0.2) is 8.42 Å². The molecule has 0 saturated carbocycles. The van der Waals surface area contributed by atoms with Gasteiger partial charge >= 0.3 is 0 Å². The lowest BCUT2D eigenvalue weighted by Gasteiger charge is -2.22. The van der Waals surface area contributed by atoms with Crippen LogP contribution < -0.4 is 0 Å². The lowest BCUT2D eigenvalue weighted by Crippen LogP contribution is -2.34. The molecule has 2 rings (SSSR count). The summed E-state index contributed by atoms with van der Waals surface area (Å²) >= 11 is 0. The van der Waals surface area contributed by atoms with E-state index < -0.39 is 10.0 Å². The van der Waals surface area contributed by atoms with Crippen LogP contribution >= 0.6 is 0 Å². The van der Waals surface area contributed by atoms with Gasteiger partial charge in [-0.3, -0.25) is 0 Å². The van der Waals surface area contributed by atoms with Crippen LogP contribution in [0.25, 0.3) is 0 Å². The second-order valence-corrected chi connectivity index (χ2v) is 7.46. The van der Waals surface area contributed by atoms with Crippen LogP contribution in [0.2, 0.25) is 0 Å². The van der Waals surface area contributed by atoms with E-state index >= 15 is 0 Å². The zero-order valence-corrected chi connectivity index (χ0v) is 13.8. The molecule has 0 aliphatic carbocycles. The van der Waals surface area contributed by atoms with E-state index in [1.807, 2.05) is 67.6 Å². The summed E-state index contributed by atoms with van der Waals surface area (Å²) in [6.07, 6.45) is 1.37. The topological polar surface area (TPSA) is 37.4 Å². The third-order valence-electron chi connectivity index (χ3n) is 3.55. The van der Waals surface area contributed by atoms with Crippen molar-refractivity contribution in [1.82, 2.24) is 4.31 Å². The molecular formula is C18H23NO2S. The van der Waals surface area contributed by atoms with Crippen LogP contribution in [0.15, 0.2) is 60.7 Å². The molecule has 0 fully saturated rings. The van der Waals surface area contributed by atoms with Crippen LogP contribution in [0, 0.1) is 0 Å². The molecule has 2 aromatic carbocycles. The molecule has 4 heteroatoms. The molecular weight excluding hydrogens is 294 g/mol. The van der Waals surface area contributed by atoms with Crippen LogP contribution in [0.3, 0.4) is 0 Å². The molecule has 0 atom stereocenters. The van der Waals surface area contributed by atoms with E-state index in [0.29, 0.717) is 19.5 Å². The standard InChI is InChI=1S/C18H23NO2S/c1-2-15-22(20,21)19(16-18-11-7-4-8-12-18)14-13-17-9-5-3-6-10-17/h3-12H,2,13-16H2,1H3. The molecule has 0 heterocycles. The zero-order chi connectivity index (χ0) is 15.8. The second-order valence-electron chi connectivity index (χ2n) is 5.37. The van der Waals surface area contributed by atoms with Crippen molar-refractivity contribution in [2.75, 3.05) is 12.3 Å². The van der Waals surface area contributed by atoms with E-state index in [9.17, 15) is 8.42 Å². The summed E-state index contributed by atoms with van der Waals surface area (Å²) in [5.74, 6) is 0.203. The minimum absolute atomic E-state index is 0.203. The Balaban J connectivity index is 2.11. The third kappa shape index (κ3) is 4.97. The molecule has 0 unspecified atom stereocenters. The SMILES string of the molecule is CCCS(=O)(=O)N(CCc1ccccc1)Cc1ccccc1. The van der Waals surface area contributed by atoms with E-state index in [1.54, 1.807) is 4.31 Å². The Kier molecular flexibility index (Phi) is 6.16. The van der Waals surface area contributed by atoms with Crippen molar-refractivity contribution < 1.29 is 8.42 Å². The molecule has 0 radical (unpaired) electrons. The first-order valence-corrected chi connectivity index (χ1v) is 9.28. The molecule has 0 aliphatic heterocycles. The summed E-state index contributed by atoms with van der Waals surface area (Å²) < 4.78 is 26.6. The number of sulfonamides is 1. The summed E-state index contributed by atoms with van der Waals surface area (Å²) in [6, 6.07) is 19.8. The summed E-state index contributed by atoms with van der Waals surface area (Å²) in [5.41, 5.74) is 2.18. The van der Waals surface area contributed by atoms with Gasteiger partial charge in [0.05, 0.1) is 5.75 Å². The summed E-state index contributed by atoms with van der Waals surface area (Å²) in [5, 5.41) is 0. The summed E-state index contributed by atoms with van der Waals surface area (Å²) in [4.78, 5) is 0. The first kappa shape index (κ1) is 16.7. The summed E-state index contributed by atoms with van der Waals surface area (Å²) in [6.45, 7) is 2.85. The second kappa shape index (κ2) is 8.11. The molecule has 3 nitrogen and oxygen atoms in total. The maximum atomic E-state index is 12.5. The molecule has 0 aromatic heterocycles. The fraction of sp³-hybridized carbons (Fsp3) is 0.333. The molecule has 118 valence electrons. The number of nitrogens with zero attached hydrogens (tertiary/aromatic N) is 1. The summed E-state index contributed by atoms with van der Waals surface area (Å²) in [7, 11) is -3.21. The molecule has 0 aliphatic rings. The van der Waals surface area contributed by atoms with E-state index in [2.05, 4.69) is 0 Å². The Labute approximate surface area is 133 Å². The van der Waals surface area contributed by atoms with Gasteiger partial charge in [-0.05, 0) is 24.0 Å². The third-order valence-corrected chi connectivity index (χ3v) is 5.57. The maximum Gasteiger partial charge on any atom is 0.214 e. The lowest BCUT2D eigenvalue weighted by atomic mass is 10.1. The average molecular weight is 317 g/mol. The fourth-order valence-corrected chi connectivity index (χ4v) is 3.88. The molecule has 0 saturated heterocycles. The molecule has 0 spiro atoms. The van der Waals surface area contributed by atoms with E-state index in [-0.39, 0.29) is 5.75 Å². The van der Waals surface area contributed by atoms with Gasteiger partial charge in [0.25, 0.3) is 0 Å². The predicted molar refractivity (Wildman–Crippen MR) is 91.1 cm³/mol. The molecule has 0 amide bonds. The van der Waals surface area contributed by atoms with E-state index in [1.165, 1.54) is 0 Å². The van der Waals surface area contributed by atoms with Gasteiger partial charge in [0, 0.05) is 13.1 Å². The van der Waals surface area contributed by atoms with Crippen molar-refractivity contribution in [1.29, 1.82) is 0 Å². The Hall–Kier alpha value is -1.65. The van der Waals surface area contributed by atoms with E-state index in [4.69, 9.17) is 0 Å². The molecule has 2 aromatic rings. The number of rotatable bonds is 8. The van der Waals surface area contributed by atoms with Crippen LogP contribution in [0.1, 0.15) is 24.5 Å². The highest BCUT2D eigenvalue weighted by Crippen LogP contribution is 2.12. The lowest BCUT2D eigenvalue weighted by molar-refractivity contribution is 0.409. The van der Waals surface area contributed by atoms with Crippen LogP contribution in [-0.4, -0.2) is 25.0 Å². The molecule has 0 N–H and O–H groups in total.